The first-order chi connectivity index (χ1) is 14.3. The van der Waals surface area contributed by atoms with Crippen LogP contribution in [0, 0.1) is 0 Å². The van der Waals surface area contributed by atoms with Crippen LogP contribution in [0.1, 0.15) is 0 Å². The molecule has 1 saturated heterocycles. The summed E-state index contributed by atoms with van der Waals surface area (Å²) in [5.74, 6) is 2.37. The fourth-order valence-electron chi connectivity index (χ4n) is 3.06. The summed E-state index contributed by atoms with van der Waals surface area (Å²) >= 11 is 0. The Balaban J connectivity index is 1.30. The second kappa shape index (κ2) is 7.94. The number of nitrogens with one attached hydrogen (secondary N) is 2. The van der Waals surface area contributed by atoms with Gasteiger partial charge < -0.3 is 34.0 Å². The number of rotatable bonds is 6. The smallest absolute Gasteiger partial charge is 0.320 e. The molecule has 2 N–H and O–H groups in total. The highest BCUT2D eigenvalue weighted by Gasteiger charge is 2.18. The number of aromatic nitrogens is 3. The van der Waals surface area contributed by atoms with Crippen molar-refractivity contribution in [3.63, 3.8) is 0 Å². The molecule has 2 aliphatic rings. The summed E-state index contributed by atoms with van der Waals surface area (Å²) in [6.07, 6.45) is 1.68. The number of nitrogens with zero attached hydrogens (tertiary/aromatic N) is 3. The summed E-state index contributed by atoms with van der Waals surface area (Å²) in [5, 5.41) is 14.6. The highest BCUT2D eigenvalue weighted by molar-refractivity contribution is 5.69. The van der Waals surface area contributed by atoms with Gasteiger partial charge in [0.15, 0.2) is 11.5 Å². The minimum absolute atomic E-state index is 0.0236. The zero-order chi connectivity index (χ0) is 19.5. The maximum Gasteiger partial charge on any atom is 0.320 e. The van der Waals surface area contributed by atoms with Crippen molar-refractivity contribution in [3.05, 3.63) is 36.5 Å². The molecule has 5 rings (SSSR count). The number of fused-ring (bicyclic) bond motifs is 1. The van der Waals surface area contributed by atoms with Crippen LogP contribution in [0.5, 0.6) is 11.5 Å². The lowest BCUT2D eigenvalue weighted by Gasteiger charge is -2.23. The molecule has 0 spiro atoms. The molecule has 3 aromatic rings. The topological polar surface area (TPSA) is 113 Å². The second-order valence-corrected chi connectivity index (χ2v) is 6.45. The average molecular weight is 397 g/mol. The molecular weight excluding hydrogens is 378 g/mol. The monoisotopic (exact) mass is 397 g/mol. The van der Waals surface area contributed by atoms with E-state index in [0.717, 1.165) is 5.69 Å². The zero-order valence-corrected chi connectivity index (χ0v) is 15.5. The van der Waals surface area contributed by atoms with Gasteiger partial charge in [-0.05, 0) is 24.3 Å². The summed E-state index contributed by atoms with van der Waals surface area (Å²) in [5.41, 5.74) is 1.46. The van der Waals surface area contributed by atoms with E-state index in [2.05, 4.69) is 25.8 Å². The number of anilines is 3. The molecule has 150 valence electrons. The van der Waals surface area contributed by atoms with Crippen molar-refractivity contribution in [2.45, 2.75) is 6.10 Å². The van der Waals surface area contributed by atoms with Crippen LogP contribution in [0.2, 0.25) is 0 Å². The van der Waals surface area contributed by atoms with E-state index in [0.29, 0.717) is 55.1 Å². The number of pyridine rings is 1. The highest BCUT2D eigenvalue weighted by Crippen LogP contribution is 2.35. The molecule has 2 aliphatic heterocycles. The van der Waals surface area contributed by atoms with E-state index in [1.807, 2.05) is 30.3 Å². The molecule has 10 heteroatoms. The van der Waals surface area contributed by atoms with Crippen LogP contribution < -0.4 is 20.1 Å². The lowest BCUT2D eigenvalue weighted by atomic mass is 10.2. The van der Waals surface area contributed by atoms with Crippen LogP contribution in [-0.4, -0.2) is 54.4 Å². The maximum atomic E-state index is 5.78. The molecule has 29 heavy (non-hydrogen) atoms. The van der Waals surface area contributed by atoms with Crippen molar-refractivity contribution in [3.8, 4) is 23.0 Å². The van der Waals surface area contributed by atoms with Gasteiger partial charge >= 0.3 is 6.01 Å². The standard InChI is InChI=1S/C19H19N5O5/c1-2-14(17(20-5-1)21-9-13-10-25-6-7-26-13)18-23-24-19(29-18)22-12-3-4-15-16(8-12)28-11-27-15/h1-5,8,13H,6-7,9-11H2,(H,20,21)(H,22,24). The average Bonchev–Trinajstić information content (AvgIpc) is 3.42. The van der Waals surface area contributed by atoms with Crippen molar-refractivity contribution in [2.75, 3.05) is 43.8 Å². The largest absolute Gasteiger partial charge is 0.454 e. The normalized spacial score (nSPS) is 17.9. The Labute approximate surface area is 166 Å². The molecule has 0 aliphatic carbocycles. The van der Waals surface area contributed by atoms with Crippen molar-refractivity contribution in [2.24, 2.45) is 0 Å². The molecule has 1 fully saturated rings. The number of hydrogen-bond acceptors (Lipinski definition) is 10. The van der Waals surface area contributed by atoms with E-state index < -0.39 is 0 Å². The zero-order valence-electron chi connectivity index (χ0n) is 15.5. The Hall–Kier alpha value is -3.37. The Kier molecular flexibility index (Phi) is 4.85. The first-order valence-electron chi connectivity index (χ1n) is 9.24. The molecule has 0 radical (unpaired) electrons. The van der Waals surface area contributed by atoms with Crippen molar-refractivity contribution in [1.29, 1.82) is 0 Å². The maximum absolute atomic E-state index is 5.78. The van der Waals surface area contributed by atoms with Crippen LogP contribution in [0.3, 0.4) is 0 Å². The Morgan fingerprint density at radius 1 is 1.07 bits per heavy atom. The third kappa shape index (κ3) is 3.93. The molecule has 0 bridgehead atoms. The van der Waals surface area contributed by atoms with Gasteiger partial charge in [-0.2, -0.15) is 0 Å². The van der Waals surface area contributed by atoms with Gasteiger partial charge in [-0.3, -0.25) is 0 Å². The Morgan fingerprint density at radius 3 is 2.97 bits per heavy atom. The predicted octanol–water partition coefficient (Wildman–Crippen LogP) is 2.43. The molecular formula is C19H19N5O5. The van der Waals surface area contributed by atoms with Crippen LogP contribution in [0.4, 0.5) is 17.5 Å². The third-order valence-electron chi connectivity index (χ3n) is 4.47. The molecule has 1 unspecified atom stereocenters. The summed E-state index contributed by atoms with van der Waals surface area (Å²) < 4.78 is 27.6. The molecule has 1 aromatic carbocycles. The van der Waals surface area contributed by atoms with Gasteiger partial charge in [-0.15, -0.1) is 5.10 Å². The fraction of sp³-hybridized carbons (Fsp3) is 0.316. The summed E-state index contributed by atoms with van der Waals surface area (Å²) in [4.78, 5) is 4.39. The molecule has 4 heterocycles. The second-order valence-electron chi connectivity index (χ2n) is 6.45. The first kappa shape index (κ1) is 17.7. The summed E-state index contributed by atoms with van der Waals surface area (Å²) in [7, 11) is 0. The number of ether oxygens (including phenoxy) is 4. The van der Waals surface area contributed by atoms with Crippen molar-refractivity contribution < 1.29 is 23.4 Å². The van der Waals surface area contributed by atoms with E-state index in [4.69, 9.17) is 23.4 Å². The molecule has 2 aromatic heterocycles. The third-order valence-corrected chi connectivity index (χ3v) is 4.47. The van der Waals surface area contributed by atoms with Crippen molar-refractivity contribution in [1.82, 2.24) is 15.2 Å². The van der Waals surface area contributed by atoms with Gasteiger partial charge in [-0.25, -0.2) is 4.98 Å². The van der Waals surface area contributed by atoms with Gasteiger partial charge in [0.25, 0.3) is 5.89 Å². The van der Waals surface area contributed by atoms with Crippen LogP contribution in [0.25, 0.3) is 11.5 Å². The summed E-state index contributed by atoms with van der Waals surface area (Å²) in [6, 6.07) is 9.43. The highest BCUT2D eigenvalue weighted by atomic mass is 16.7. The Bertz CT molecular complexity index is 989. The van der Waals surface area contributed by atoms with Gasteiger partial charge in [0.05, 0.1) is 31.5 Å². The van der Waals surface area contributed by atoms with Crippen molar-refractivity contribution >= 4 is 17.5 Å². The Morgan fingerprint density at radius 2 is 2.03 bits per heavy atom. The van der Waals surface area contributed by atoms with Crippen LogP contribution in [-0.2, 0) is 9.47 Å². The first-order valence-corrected chi connectivity index (χ1v) is 9.24. The number of hydrogen-bond donors (Lipinski definition) is 2. The number of benzene rings is 1. The van der Waals surface area contributed by atoms with Gasteiger partial charge in [-0.1, -0.05) is 5.10 Å². The van der Waals surface area contributed by atoms with E-state index in [-0.39, 0.29) is 18.9 Å². The van der Waals surface area contributed by atoms with Crippen LogP contribution >= 0.6 is 0 Å². The lowest BCUT2D eigenvalue weighted by Crippen LogP contribution is -2.34. The van der Waals surface area contributed by atoms with Gasteiger partial charge in [0.2, 0.25) is 6.79 Å². The minimum Gasteiger partial charge on any atom is -0.454 e. The minimum atomic E-state index is -0.0236. The molecule has 0 amide bonds. The molecule has 0 saturated carbocycles. The summed E-state index contributed by atoms with van der Waals surface area (Å²) in [6.45, 7) is 2.57. The fourth-order valence-corrected chi connectivity index (χ4v) is 3.06. The molecule has 1 atom stereocenters. The predicted molar refractivity (Wildman–Crippen MR) is 102 cm³/mol. The van der Waals surface area contributed by atoms with E-state index in [1.54, 1.807) is 6.20 Å². The van der Waals surface area contributed by atoms with E-state index in [1.165, 1.54) is 0 Å². The molecule has 10 nitrogen and oxygen atoms in total. The van der Waals surface area contributed by atoms with E-state index >= 15 is 0 Å². The van der Waals surface area contributed by atoms with Gasteiger partial charge in [0, 0.05) is 24.5 Å². The SMILES string of the molecule is c1cnc(NCC2COCCO2)c(-c2nnc(Nc3ccc4c(c3)OCO4)o2)c1. The van der Waals surface area contributed by atoms with E-state index in [9.17, 15) is 0 Å². The lowest BCUT2D eigenvalue weighted by molar-refractivity contribution is -0.0819. The van der Waals surface area contributed by atoms with Crippen LogP contribution in [0.15, 0.2) is 40.9 Å². The van der Waals surface area contributed by atoms with Gasteiger partial charge in [0.1, 0.15) is 5.82 Å². The quantitative estimate of drug-likeness (QED) is 0.643.